The maximum Gasteiger partial charge on any atom is 0.193 e. The van der Waals surface area contributed by atoms with Gasteiger partial charge in [0.15, 0.2) is 5.96 Å². The molecule has 2 saturated heterocycles. The maximum atomic E-state index is 4.93. The summed E-state index contributed by atoms with van der Waals surface area (Å²) in [6, 6.07) is 0.657. The SMILES string of the molecule is CCNC(=NCC1CCCN1CC)N1CCC(C)(C)C1. The van der Waals surface area contributed by atoms with E-state index in [1.54, 1.807) is 0 Å². The third-order valence-electron chi connectivity index (χ3n) is 4.67. The molecule has 0 saturated carbocycles. The number of nitrogens with zero attached hydrogens (tertiary/aromatic N) is 3. The number of nitrogens with one attached hydrogen (secondary N) is 1. The van der Waals surface area contributed by atoms with Crippen molar-refractivity contribution in [3.63, 3.8) is 0 Å². The lowest BCUT2D eigenvalue weighted by Crippen LogP contribution is -2.42. The molecule has 4 nitrogen and oxygen atoms in total. The van der Waals surface area contributed by atoms with Gasteiger partial charge >= 0.3 is 0 Å². The summed E-state index contributed by atoms with van der Waals surface area (Å²) in [4.78, 5) is 9.94. The lowest BCUT2D eigenvalue weighted by atomic mass is 9.93. The van der Waals surface area contributed by atoms with E-state index in [4.69, 9.17) is 4.99 Å². The number of rotatable bonds is 4. The van der Waals surface area contributed by atoms with E-state index < -0.39 is 0 Å². The van der Waals surface area contributed by atoms with Gasteiger partial charge in [0.1, 0.15) is 0 Å². The Hall–Kier alpha value is -0.770. The van der Waals surface area contributed by atoms with Crippen LogP contribution in [0.3, 0.4) is 0 Å². The maximum absolute atomic E-state index is 4.93. The molecule has 116 valence electrons. The Morgan fingerprint density at radius 1 is 1.30 bits per heavy atom. The standard InChI is InChI=1S/C16H32N4/c1-5-17-15(20-11-9-16(3,4)13-20)18-12-14-8-7-10-19(14)6-2/h14H,5-13H2,1-4H3,(H,17,18). The van der Waals surface area contributed by atoms with Gasteiger partial charge in [0.25, 0.3) is 0 Å². The first-order valence-electron chi connectivity index (χ1n) is 8.33. The molecule has 0 amide bonds. The minimum atomic E-state index is 0.430. The van der Waals surface area contributed by atoms with Gasteiger partial charge in [-0.1, -0.05) is 20.8 Å². The lowest BCUT2D eigenvalue weighted by Gasteiger charge is -2.25. The molecule has 20 heavy (non-hydrogen) atoms. The summed E-state index contributed by atoms with van der Waals surface area (Å²) in [6.07, 6.45) is 3.91. The second-order valence-corrected chi connectivity index (χ2v) is 6.96. The second kappa shape index (κ2) is 6.79. The van der Waals surface area contributed by atoms with Crippen molar-refractivity contribution in [2.75, 3.05) is 39.3 Å². The summed E-state index contributed by atoms with van der Waals surface area (Å²) < 4.78 is 0. The molecule has 4 heteroatoms. The van der Waals surface area contributed by atoms with Gasteiger partial charge in [0, 0.05) is 25.7 Å². The summed E-state index contributed by atoms with van der Waals surface area (Å²) in [5.41, 5.74) is 0.430. The van der Waals surface area contributed by atoms with Crippen molar-refractivity contribution in [2.45, 2.75) is 53.0 Å². The van der Waals surface area contributed by atoms with Crippen molar-refractivity contribution < 1.29 is 0 Å². The molecule has 0 bridgehead atoms. The highest BCUT2D eigenvalue weighted by Gasteiger charge is 2.31. The predicted molar refractivity (Wildman–Crippen MR) is 86.2 cm³/mol. The van der Waals surface area contributed by atoms with Gasteiger partial charge in [-0.15, -0.1) is 0 Å². The summed E-state index contributed by atoms with van der Waals surface area (Å²) in [5.74, 6) is 1.13. The Morgan fingerprint density at radius 3 is 2.70 bits per heavy atom. The molecule has 0 aromatic carbocycles. The first kappa shape index (κ1) is 15.6. The first-order valence-corrected chi connectivity index (χ1v) is 8.33. The van der Waals surface area contributed by atoms with Gasteiger partial charge in [-0.05, 0) is 44.7 Å². The van der Waals surface area contributed by atoms with E-state index in [2.05, 4.69) is 42.8 Å². The van der Waals surface area contributed by atoms with E-state index in [1.807, 2.05) is 0 Å². The molecular weight excluding hydrogens is 248 g/mol. The molecule has 0 aromatic heterocycles. The van der Waals surface area contributed by atoms with Crippen molar-refractivity contribution in [3.05, 3.63) is 0 Å². The molecule has 2 heterocycles. The van der Waals surface area contributed by atoms with Gasteiger partial charge in [0.05, 0.1) is 6.54 Å². The Labute approximate surface area is 124 Å². The Kier molecular flexibility index (Phi) is 5.30. The highest BCUT2D eigenvalue weighted by Crippen LogP contribution is 2.28. The van der Waals surface area contributed by atoms with E-state index in [0.29, 0.717) is 11.5 Å². The monoisotopic (exact) mass is 280 g/mol. The van der Waals surface area contributed by atoms with E-state index in [9.17, 15) is 0 Å². The van der Waals surface area contributed by atoms with Crippen molar-refractivity contribution >= 4 is 5.96 Å². The van der Waals surface area contributed by atoms with Crippen LogP contribution in [0.15, 0.2) is 4.99 Å². The first-order chi connectivity index (χ1) is 9.55. The molecule has 2 aliphatic rings. The average molecular weight is 280 g/mol. The van der Waals surface area contributed by atoms with Gasteiger partial charge in [0.2, 0.25) is 0 Å². The van der Waals surface area contributed by atoms with Crippen molar-refractivity contribution in [2.24, 2.45) is 10.4 Å². The summed E-state index contributed by atoms with van der Waals surface area (Å²) in [6.45, 7) is 15.7. The molecule has 0 spiro atoms. The third kappa shape index (κ3) is 3.87. The smallest absolute Gasteiger partial charge is 0.193 e. The zero-order chi connectivity index (χ0) is 14.6. The van der Waals surface area contributed by atoms with Crippen LogP contribution < -0.4 is 5.32 Å². The summed E-state index contributed by atoms with van der Waals surface area (Å²) in [5, 5.41) is 3.48. The minimum Gasteiger partial charge on any atom is -0.357 e. The fourth-order valence-corrected chi connectivity index (χ4v) is 3.43. The van der Waals surface area contributed by atoms with Crippen LogP contribution in [0, 0.1) is 5.41 Å². The molecule has 1 N–H and O–H groups in total. The molecule has 2 fully saturated rings. The van der Waals surface area contributed by atoms with Crippen molar-refractivity contribution in [1.82, 2.24) is 15.1 Å². The zero-order valence-electron chi connectivity index (χ0n) is 13.8. The third-order valence-corrected chi connectivity index (χ3v) is 4.67. The van der Waals surface area contributed by atoms with Crippen LogP contribution in [0.4, 0.5) is 0 Å². The van der Waals surface area contributed by atoms with Crippen molar-refractivity contribution in [1.29, 1.82) is 0 Å². The van der Waals surface area contributed by atoms with Crippen LogP contribution in [0.1, 0.15) is 47.0 Å². The summed E-state index contributed by atoms with van der Waals surface area (Å²) in [7, 11) is 0. The zero-order valence-corrected chi connectivity index (χ0v) is 13.8. The second-order valence-electron chi connectivity index (χ2n) is 6.96. The molecule has 2 rings (SSSR count). The Morgan fingerprint density at radius 2 is 2.10 bits per heavy atom. The number of hydrogen-bond acceptors (Lipinski definition) is 2. The van der Waals surface area contributed by atoms with E-state index in [1.165, 1.54) is 25.8 Å². The molecule has 1 unspecified atom stereocenters. The molecular formula is C16H32N4. The molecule has 0 radical (unpaired) electrons. The highest BCUT2D eigenvalue weighted by atomic mass is 15.3. The molecule has 0 aliphatic carbocycles. The van der Waals surface area contributed by atoms with E-state index in [0.717, 1.165) is 38.7 Å². The average Bonchev–Trinajstić information content (AvgIpc) is 3.00. The lowest BCUT2D eigenvalue weighted by molar-refractivity contribution is 0.272. The number of likely N-dealkylation sites (tertiary alicyclic amines) is 2. The quantitative estimate of drug-likeness (QED) is 0.632. The van der Waals surface area contributed by atoms with Gasteiger partial charge in [-0.3, -0.25) is 9.89 Å². The molecule has 1 atom stereocenters. The predicted octanol–water partition coefficient (Wildman–Crippen LogP) is 2.17. The van der Waals surface area contributed by atoms with E-state index >= 15 is 0 Å². The van der Waals surface area contributed by atoms with Crippen LogP contribution in [-0.4, -0.2) is 61.1 Å². The fourth-order valence-electron chi connectivity index (χ4n) is 3.43. The van der Waals surface area contributed by atoms with Crippen LogP contribution in [0.5, 0.6) is 0 Å². The Bertz CT molecular complexity index is 337. The largest absolute Gasteiger partial charge is 0.357 e. The minimum absolute atomic E-state index is 0.430. The normalized spacial score (nSPS) is 27.3. The number of hydrogen-bond donors (Lipinski definition) is 1. The topological polar surface area (TPSA) is 30.9 Å². The van der Waals surface area contributed by atoms with Crippen LogP contribution in [0.25, 0.3) is 0 Å². The van der Waals surface area contributed by atoms with Gasteiger partial charge < -0.3 is 10.2 Å². The van der Waals surface area contributed by atoms with Crippen LogP contribution in [0.2, 0.25) is 0 Å². The van der Waals surface area contributed by atoms with Crippen molar-refractivity contribution in [3.8, 4) is 0 Å². The molecule has 0 aromatic rings. The fraction of sp³-hybridized carbons (Fsp3) is 0.938. The van der Waals surface area contributed by atoms with Crippen LogP contribution >= 0.6 is 0 Å². The van der Waals surface area contributed by atoms with Crippen LogP contribution in [-0.2, 0) is 0 Å². The number of likely N-dealkylation sites (N-methyl/N-ethyl adjacent to an activating group) is 1. The molecule has 2 aliphatic heterocycles. The van der Waals surface area contributed by atoms with E-state index in [-0.39, 0.29) is 0 Å². The number of aliphatic imine (C=N–C) groups is 1. The summed E-state index contributed by atoms with van der Waals surface area (Å²) >= 11 is 0. The van der Waals surface area contributed by atoms with Gasteiger partial charge in [-0.2, -0.15) is 0 Å². The number of guanidine groups is 1. The van der Waals surface area contributed by atoms with Gasteiger partial charge in [-0.25, -0.2) is 0 Å². The Balaban J connectivity index is 1.95. The highest BCUT2D eigenvalue weighted by molar-refractivity contribution is 5.80.